The second-order valence-corrected chi connectivity index (χ2v) is 2.87. The number of nitrogen functional groups attached to an aromatic ring is 1. The maximum atomic E-state index is 12.9. The Labute approximate surface area is 90.0 Å². The maximum absolute atomic E-state index is 12.9. The fourth-order valence-corrected chi connectivity index (χ4v) is 1.18. The van der Waals surface area contributed by atoms with E-state index in [0.29, 0.717) is 6.07 Å². The number of carbonyl (C=O) groups excluding carboxylic acids is 1. The summed E-state index contributed by atoms with van der Waals surface area (Å²) in [7, 11) is 0. The van der Waals surface area contributed by atoms with E-state index >= 15 is 0 Å². The molecule has 0 radical (unpaired) electrons. The molecule has 0 saturated heterocycles. The maximum Gasteiger partial charge on any atom is 0.347 e. The molecule has 86 valence electrons. The molecule has 0 aliphatic carbocycles. The Balaban J connectivity index is 3.35. The fourth-order valence-electron chi connectivity index (χ4n) is 1.18. The zero-order chi connectivity index (χ0) is 12.3. The van der Waals surface area contributed by atoms with Crippen LogP contribution in [0.15, 0.2) is 12.1 Å². The van der Waals surface area contributed by atoms with Crippen molar-refractivity contribution in [2.45, 2.75) is 6.92 Å². The second kappa shape index (κ2) is 4.56. The van der Waals surface area contributed by atoms with Gasteiger partial charge in [0.05, 0.1) is 23.3 Å². The van der Waals surface area contributed by atoms with Crippen LogP contribution in [0.1, 0.15) is 17.3 Å². The number of nitro groups is 1. The molecule has 0 aliphatic heterocycles. The van der Waals surface area contributed by atoms with E-state index in [9.17, 15) is 19.3 Å². The molecule has 0 spiro atoms. The Hall–Kier alpha value is -2.18. The van der Waals surface area contributed by atoms with E-state index in [4.69, 9.17) is 5.73 Å². The van der Waals surface area contributed by atoms with E-state index in [0.717, 1.165) is 6.07 Å². The number of carbonyl (C=O) groups is 1. The van der Waals surface area contributed by atoms with Gasteiger partial charge in [0.2, 0.25) is 0 Å². The van der Waals surface area contributed by atoms with Crippen LogP contribution in [0.2, 0.25) is 0 Å². The summed E-state index contributed by atoms with van der Waals surface area (Å²) in [5, 5.41) is 10.6. The highest BCUT2D eigenvalue weighted by Crippen LogP contribution is 2.26. The van der Waals surface area contributed by atoms with Crippen molar-refractivity contribution in [2.75, 3.05) is 12.3 Å². The van der Waals surface area contributed by atoms with E-state index in [1.807, 2.05) is 0 Å². The lowest BCUT2D eigenvalue weighted by Gasteiger charge is -2.05. The lowest BCUT2D eigenvalue weighted by molar-refractivity contribution is -0.385. The Bertz CT molecular complexity index is 447. The second-order valence-electron chi connectivity index (χ2n) is 2.87. The first kappa shape index (κ1) is 11.9. The predicted octanol–water partition coefficient (Wildman–Crippen LogP) is 1.49. The first-order chi connectivity index (χ1) is 7.47. The smallest absolute Gasteiger partial charge is 0.347 e. The van der Waals surface area contributed by atoms with Crippen molar-refractivity contribution in [1.29, 1.82) is 0 Å². The van der Waals surface area contributed by atoms with Crippen LogP contribution < -0.4 is 5.73 Å². The minimum Gasteiger partial charge on any atom is -0.462 e. The normalized spacial score (nSPS) is 9.88. The molecule has 0 aliphatic rings. The highest BCUT2D eigenvalue weighted by atomic mass is 19.1. The standard InChI is InChI=1S/C9H9FN2O4/c1-2-16-9(13)8-6(11)3-5(10)4-7(8)12(14)15/h3-4H,2,11H2,1H3. The first-order valence-corrected chi connectivity index (χ1v) is 4.38. The topological polar surface area (TPSA) is 95.5 Å². The number of halogens is 1. The van der Waals surface area contributed by atoms with Gasteiger partial charge in [-0.05, 0) is 13.0 Å². The van der Waals surface area contributed by atoms with Crippen LogP contribution >= 0.6 is 0 Å². The van der Waals surface area contributed by atoms with Gasteiger partial charge in [0.25, 0.3) is 5.69 Å². The van der Waals surface area contributed by atoms with Crippen molar-refractivity contribution < 1.29 is 18.8 Å². The summed E-state index contributed by atoms with van der Waals surface area (Å²) in [5.74, 6) is -1.82. The Morgan fingerprint density at radius 3 is 2.75 bits per heavy atom. The van der Waals surface area contributed by atoms with Crippen molar-refractivity contribution in [3.63, 3.8) is 0 Å². The van der Waals surface area contributed by atoms with Gasteiger partial charge in [0.1, 0.15) is 5.82 Å². The molecule has 7 heteroatoms. The van der Waals surface area contributed by atoms with Crippen molar-refractivity contribution >= 4 is 17.3 Å². The quantitative estimate of drug-likeness (QED) is 0.366. The largest absolute Gasteiger partial charge is 0.462 e. The summed E-state index contributed by atoms with van der Waals surface area (Å²) in [4.78, 5) is 21.1. The van der Waals surface area contributed by atoms with Gasteiger partial charge in [0.15, 0.2) is 5.56 Å². The zero-order valence-electron chi connectivity index (χ0n) is 8.40. The van der Waals surface area contributed by atoms with E-state index in [1.54, 1.807) is 6.92 Å². The van der Waals surface area contributed by atoms with E-state index in [-0.39, 0.29) is 12.3 Å². The average Bonchev–Trinajstić information content (AvgIpc) is 2.16. The number of hydrogen-bond acceptors (Lipinski definition) is 5. The predicted molar refractivity (Wildman–Crippen MR) is 53.4 cm³/mol. The van der Waals surface area contributed by atoms with Crippen LogP contribution in [-0.2, 0) is 4.74 Å². The number of hydrogen-bond donors (Lipinski definition) is 1. The summed E-state index contributed by atoms with van der Waals surface area (Å²) in [6.45, 7) is 1.59. The van der Waals surface area contributed by atoms with Crippen LogP contribution in [0.5, 0.6) is 0 Å². The molecule has 0 fully saturated rings. The molecule has 0 saturated carbocycles. The molecule has 1 aromatic rings. The Morgan fingerprint density at radius 1 is 1.62 bits per heavy atom. The number of ether oxygens (including phenoxy) is 1. The molecule has 0 atom stereocenters. The zero-order valence-corrected chi connectivity index (χ0v) is 8.40. The lowest BCUT2D eigenvalue weighted by atomic mass is 10.1. The fraction of sp³-hybridized carbons (Fsp3) is 0.222. The van der Waals surface area contributed by atoms with Crippen LogP contribution in [0.25, 0.3) is 0 Å². The van der Waals surface area contributed by atoms with Gasteiger partial charge in [-0.15, -0.1) is 0 Å². The van der Waals surface area contributed by atoms with E-state index in [2.05, 4.69) is 4.74 Å². The van der Waals surface area contributed by atoms with Gasteiger partial charge >= 0.3 is 5.97 Å². The molecule has 1 rings (SSSR count). The summed E-state index contributed by atoms with van der Waals surface area (Å²) in [5.41, 5.74) is 3.91. The van der Waals surface area contributed by atoms with Crippen molar-refractivity contribution in [2.24, 2.45) is 0 Å². The van der Waals surface area contributed by atoms with Crippen molar-refractivity contribution in [3.8, 4) is 0 Å². The molecule has 0 heterocycles. The van der Waals surface area contributed by atoms with E-state index in [1.165, 1.54) is 0 Å². The number of nitrogens with two attached hydrogens (primary N) is 1. The highest BCUT2D eigenvalue weighted by molar-refractivity contribution is 5.99. The molecule has 0 unspecified atom stereocenters. The SMILES string of the molecule is CCOC(=O)c1c(N)cc(F)cc1[N+](=O)[O-]. The Kier molecular flexibility index (Phi) is 3.39. The monoisotopic (exact) mass is 228 g/mol. The molecule has 1 aromatic carbocycles. The molecule has 6 nitrogen and oxygen atoms in total. The summed E-state index contributed by atoms with van der Waals surface area (Å²) in [6, 6.07) is 1.46. The van der Waals surface area contributed by atoms with Crippen LogP contribution in [0.4, 0.5) is 15.8 Å². The molecule has 2 N–H and O–H groups in total. The van der Waals surface area contributed by atoms with Gasteiger partial charge in [-0.1, -0.05) is 0 Å². The molecular weight excluding hydrogens is 219 g/mol. The summed E-state index contributed by atoms with van der Waals surface area (Å²) in [6.07, 6.45) is 0. The Morgan fingerprint density at radius 2 is 2.25 bits per heavy atom. The van der Waals surface area contributed by atoms with Gasteiger partial charge in [-0.25, -0.2) is 9.18 Å². The van der Waals surface area contributed by atoms with E-state index < -0.39 is 28.0 Å². The number of nitrogens with zero attached hydrogens (tertiary/aromatic N) is 1. The molecular formula is C9H9FN2O4. The van der Waals surface area contributed by atoms with Crippen molar-refractivity contribution in [3.05, 3.63) is 33.6 Å². The molecule has 0 aromatic heterocycles. The van der Waals surface area contributed by atoms with Gasteiger partial charge in [-0.2, -0.15) is 0 Å². The number of rotatable bonds is 3. The molecule has 0 bridgehead atoms. The minimum absolute atomic E-state index is 0.0484. The average molecular weight is 228 g/mol. The van der Waals surface area contributed by atoms with Gasteiger partial charge < -0.3 is 10.5 Å². The minimum atomic E-state index is -0.938. The third kappa shape index (κ3) is 2.25. The number of benzene rings is 1. The third-order valence-electron chi connectivity index (χ3n) is 1.79. The third-order valence-corrected chi connectivity index (χ3v) is 1.79. The molecule has 0 amide bonds. The van der Waals surface area contributed by atoms with Crippen LogP contribution in [0, 0.1) is 15.9 Å². The first-order valence-electron chi connectivity index (χ1n) is 4.38. The number of nitro benzene ring substituents is 1. The highest BCUT2D eigenvalue weighted by Gasteiger charge is 2.25. The molecule has 16 heavy (non-hydrogen) atoms. The van der Waals surface area contributed by atoms with Gasteiger partial charge in [-0.3, -0.25) is 10.1 Å². The van der Waals surface area contributed by atoms with Gasteiger partial charge in [0, 0.05) is 0 Å². The lowest BCUT2D eigenvalue weighted by Crippen LogP contribution is -2.11. The summed E-state index contributed by atoms with van der Waals surface area (Å²) < 4.78 is 17.5. The number of esters is 1. The van der Waals surface area contributed by atoms with Crippen molar-refractivity contribution in [1.82, 2.24) is 0 Å². The van der Waals surface area contributed by atoms with Crippen LogP contribution in [0.3, 0.4) is 0 Å². The number of anilines is 1. The van der Waals surface area contributed by atoms with Crippen LogP contribution in [-0.4, -0.2) is 17.5 Å². The summed E-state index contributed by atoms with van der Waals surface area (Å²) >= 11 is 0.